The lowest BCUT2D eigenvalue weighted by Crippen LogP contribution is -2.42. The summed E-state index contributed by atoms with van der Waals surface area (Å²) in [7, 11) is 0. The van der Waals surface area contributed by atoms with Crippen LogP contribution < -0.4 is 10.9 Å². The fourth-order valence-corrected chi connectivity index (χ4v) is 5.34. The zero-order valence-electron chi connectivity index (χ0n) is 19.1. The summed E-state index contributed by atoms with van der Waals surface area (Å²) in [4.78, 5) is 15.6. The topological polar surface area (TPSA) is 64.6 Å². The third-order valence-electron chi connectivity index (χ3n) is 7.11. The van der Waals surface area contributed by atoms with Crippen molar-refractivity contribution in [2.24, 2.45) is 5.92 Å². The molecule has 0 aliphatic carbocycles. The maximum absolute atomic E-state index is 13.6. The van der Waals surface area contributed by atoms with Crippen LogP contribution in [0.15, 0.2) is 78.9 Å². The Bertz CT molecular complexity index is 1110. The number of carbonyl (C=O) groups excluding carboxylic acids is 1. The van der Waals surface area contributed by atoms with Crippen LogP contribution in [0.2, 0.25) is 0 Å². The molecule has 1 amide bonds. The highest BCUT2D eigenvalue weighted by Crippen LogP contribution is 2.48. The Kier molecular flexibility index (Phi) is 5.92. The minimum atomic E-state index is -0.333. The highest BCUT2D eigenvalue weighted by atomic mass is 16.3. The summed E-state index contributed by atoms with van der Waals surface area (Å²) < 4.78 is 0. The Labute approximate surface area is 195 Å². The van der Waals surface area contributed by atoms with Crippen LogP contribution >= 0.6 is 0 Å². The predicted octanol–water partition coefficient (Wildman–Crippen LogP) is 4.48. The van der Waals surface area contributed by atoms with Gasteiger partial charge < -0.3 is 10.0 Å². The average molecular weight is 442 g/mol. The van der Waals surface area contributed by atoms with Crippen LogP contribution in [0, 0.1) is 5.92 Å². The van der Waals surface area contributed by atoms with E-state index in [2.05, 4.69) is 61.1 Å². The number of phenolic OH excluding ortho intramolecular Hbond substituents is 1. The van der Waals surface area contributed by atoms with Crippen LogP contribution in [0.1, 0.15) is 54.1 Å². The van der Waals surface area contributed by atoms with E-state index < -0.39 is 0 Å². The van der Waals surface area contributed by atoms with Crippen LogP contribution in [0.25, 0.3) is 0 Å². The van der Waals surface area contributed by atoms with Crippen molar-refractivity contribution < 1.29 is 9.90 Å². The first-order chi connectivity index (χ1) is 16.0. The first-order valence-corrected chi connectivity index (χ1v) is 11.8. The second kappa shape index (κ2) is 9.00. The molecule has 5 nitrogen and oxygen atoms in total. The molecule has 3 N–H and O–H groups in total. The van der Waals surface area contributed by atoms with Gasteiger partial charge in [0.25, 0.3) is 0 Å². The number of hydrogen-bond donors (Lipinski definition) is 3. The quantitative estimate of drug-likeness (QED) is 0.528. The van der Waals surface area contributed by atoms with Gasteiger partial charge in [-0.2, -0.15) is 0 Å². The van der Waals surface area contributed by atoms with Crippen molar-refractivity contribution in [3.8, 4) is 5.75 Å². The first kappa shape index (κ1) is 21.7. The Morgan fingerprint density at radius 3 is 2.24 bits per heavy atom. The van der Waals surface area contributed by atoms with Gasteiger partial charge in [0.2, 0.25) is 5.91 Å². The van der Waals surface area contributed by atoms with E-state index in [1.54, 1.807) is 6.07 Å². The van der Waals surface area contributed by atoms with E-state index in [0.29, 0.717) is 12.5 Å². The number of benzene rings is 3. The van der Waals surface area contributed by atoms with Gasteiger partial charge in [0.15, 0.2) is 0 Å². The molecule has 4 atom stereocenters. The number of likely N-dealkylation sites (tertiary alicyclic amines) is 1. The number of para-hydroxylation sites is 1. The molecule has 0 spiro atoms. The predicted molar refractivity (Wildman–Crippen MR) is 130 cm³/mol. The zero-order valence-corrected chi connectivity index (χ0v) is 19.1. The number of hydrogen-bond acceptors (Lipinski definition) is 4. The fourth-order valence-electron chi connectivity index (χ4n) is 5.34. The van der Waals surface area contributed by atoms with Crippen molar-refractivity contribution in [3.05, 3.63) is 101 Å². The van der Waals surface area contributed by atoms with Crippen molar-refractivity contribution in [3.63, 3.8) is 0 Å². The van der Waals surface area contributed by atoms with E-state index >= 15 is 0 Å². The molecule has 2 saturated heterocycles. The summed E-state index contributed by atoms with van der Waals surface area (Å²) in [5.74, 6) is 0.780. The van der Waals surface area contributed by atoms with Crippen molar-refractivity contribution in [2.45, 2.75) is 44.3 Å². The van der Waals surface area contributed by atoms with Gasteiger partial charge in [-0.3, -0.25) is 4.79 Å². The first-order valence-electron chi connectivity index (χ1n) is 11.8. The standard InChI is InChI=1S/C28H31N3O2/c1-18(2)20-12-14-21(15-13-20)27-24-25(22-10-6-7-11-23(22)32)29-30-26(24)28(33)31(27)17-16-19-8-4-3-5-9-19/h3-15,18,24-27,29-30,32H,16-17H2,1-2H3. The third-order valence-corrected chi connectivity index (χ3v) is 7.11. The van der Waals surface area contributed by atoms with Crippen molar-refractivity contribution in [1.82, 2.24) is 15.8 Å². The molecule has 2 fully saturated rings. The molecule has 0 aromatic heterocycles. The van der Waals surface area contributed by atoms with E-state index in [1.807, 2.05) is 41.3 Å². The van der Waals surface area contributed by atoms with Gasteiger partial charge in [-0.15, -0.1) is 0 Å². The van der Waals surface area contributed by atoms with Crippen LogP contribution in [0.3, 0.4) is 0 Å². The van der Waals surface area contributed by atoms with Crippen LogP contribution in [0.4, 0.5) is 0 Å². The Morgan fingerprint density at radius 2 is 1.55 bits per heavy atom. The molecule has 33 heavy (non-hydrogen) atoms. The Balaban J connectivity index is 1.51. The lowest BCUT2D eigenvalue weighted by molar-refractivity contribution is -0.130. The number of rotatable bonds is 6. The minimum absolute atomic E-state index is 0.0357. The smallest absolute Gasteiger partial charge is 0.242 e. The highest BCUT2D eigenvalue weighted by molar-refractivity contribution is 5.86. The Morgan fingerprint density at radius 1 is 0.879 bits per heavy atom. The fraction of sp³-hybridized carbons (Fsp3) is 0.321. The second-order valence-electron chi connectivity index (χ2n) is 9.41. The van der Waals surface area contributed by atoms with Crippen molar-refractivity contribution in [1.29, 1.82) is 0 Å². The summed E-state index contributed by atoms with van der Waals surface area (Å²) in [6.07, 6.45) is 0.807. The van der Waals surface area contributed by atoms with Gasteiger partial charge in [0, 0.05) is 18.0 Å². The van der Waals surface area contributed by atoms with Crippen LogP contribution in [-0.4, -0.2) is 28.5 Å². The molecule has 0 bridgehead atoms. The number of nitrogens with zero attached hydrogens (tertiary/aromatic N) is 1. The number of amides is 1. The maximum Gasteiger partial charge on any atom is 0.242 e. The monoisotopic (exact) mass is 441 g/mol. The highest BCUT2D eigenvalue weighted by Gasteiger charge is 2.55. The molecular weight excluding hydrogens is 410 g/mol. The number of hydrazine groups is 1. The molecule has 3 aromatic carbocycles. The van der Waals surface area contributed by atoms with E-state index in [9.17, 15) is 9.90 Å². The number of fused-ring (bicyclic) bond motifs is 1. The van der Waals surface area contributed by atoms with E-state index in [1.165, 1.54) is 11.1 Å². The molecule has 5 heteroatoms. The maximum atomic E-state index is 13.6. The largest absolute Gasteiger partial charge is 0.508 e. The van der Waals surface area contributed by atoms with Crippen molar-refractivity contribution >= 4 is 5.91 Å². The van der Waals surface area contributed by atoms with Gasteiger partial charge in [-0.1, -0.05) is 86.6 Å². The number of carbonyl (C=O) groups is 1. The molecule has 0 radical (unpaired) electrons. The number of phenols is 1. The molecule has 0 saturated carbocycles. The van der Waals surface area contributed by atoms with Gasteiger partial charge >= 0.3 is 0 Å². The van der Waals surface area contributed by atoms with Gasteiger partial charge in [-0.05, 0) is 35.1 Å². The van der Waals surface area contributed by atoms with Gasteiger partial charge in [0.1, 0.15) is 11.8 Å². The normalized spacial score (nSPS) is 24.5. The SMILES string of the molecule is CC(C)c1ccc(C2C3C(NNC3c3ccccc3O)C(=O)N2CCc2ccccc2)cc1. The van der Waals surface area contributed by atoms with Crippen LogP contribution in [-0.2, 0) is 11.2 Å². The van der Waals surface area contributed by atoms with Gasteiger partial charge in [-0.25, -0.2) is 10.9 Å². The molecule has 4 unspecified atom stereocenters. The van der Waals surface area contributed by atoms with Gasteiger partial charge in [0.05, 0.1) is 12.1 Å². The number of nitrogens with one attached hydrogen (secondary N) is 2. The molecular formula is C28H31N3O2. The van der Waals surface area contributed by atoms with E-state index in [0.717, 1.165) is 17.5 Å². The molecule has 2 aliphatic heterocycles. The lowest BCUT2D eigenvalue weighted by atomic mass is 9.82. The summed E-state index contributed by atoms with van der Waals surface area (Å²) in [6, 6.07) is 25.8. The summed E-state index contributed by atoms with van der Waals surface area (Å²) in [5.41, 5.74) is 11.0. The summed E-state index contributed by atoms with van der Waals surface area (Å²) in [6.45, 7) is 5.03. The molecule has 3 aromatic rings. The molecule has 2 heterocycles. The molecule has 170 valence electrons. The lowest BCUT2D eigenvalue weighted by Gasteiger charge is -2.31. The minimum Gasteiger partial charge on any atom is -0.508 e. The Hall–Kier alpha value is -3.15. The average Bonchev–Trinajstić information content (AvgIpc) is 3.37. The second-order valence-corrected chi connectivity index (χ2v) is 9.41. The van der Waals surface area contributed by atoms with Crippen molar-refractivity contribution in [2.75, 3.05) is 6.54 Å². The van der Waals surface area contributed by atoms with Crippen LogP contribution in [0.5, 0.6) is 5.75 Å². The molecule has 2 aliphatic rings. The van der Waals surface area contributed by atoms with E-state index in [-0.39, 0.29) is 35.7 Å². The summed E-state index contributed by atoms with van der Waals surface area (Å²) >= 11 is 0. The third kappa shape index (κ3) is 4.03. The summed E-state index contributed by atoms with van der Waals surface area (Å²) in [5, 5.41) is 10.6. The zero-order chi connectivity index (χ0) is 22.9. The van der Waals surface area contributed by atoms with E-state index in [4.69, 9.17) is 0 Å². The number of aromatic hydroxyl groups is 1. The molecule has 5 rings (SSSR count).